The van der Waals surface area contributed by atoms with Gasteiger partial charge in [-0.05, 0) is 6.42 Å². The van der Waals surface area contributed by atoms with Crippen molar-refractivity contribution < 1.29 is 14.3 Å². The Balaban J connectivity index is 2.72. The Morgan fingerprint density at radius 2 is 2.12 bits per heavy atom. The third kappa shape index (κ3) is 6.31. The lowest BCUT2D eigenvalue weighted by Crippen LogP contribution is -1.86. The molecule has 0 heterocycles. The minimum absolute atomic E-state index is 0.454. The average Bonchev–Trinajstić information content (AvgIpc) is 1.66. The van der Waals surface area contributed by atoms with E-state index in [1.54, 1.807) is 0 Å². The molecule has 2 N–H and O–H groups in total. The van der Waals surface area contributed by atoms with Gasteiger partial charge in [-0.3, -0.25) is 0 Å². The Morgan fingerprint density at radius 1 is 1.50 bits per heavy atom. The van der Waals surface area contributed by atoms with Gasteiger partial charge in [-0.15, -0.1) is 0 Å². The molecular formula is C4H11O3P. The standard InChI is InChI=1S/C4H11O3P/c1-2-3-4-7-8(5)6/h5-6H,2-4H2,1H3. The van der Waals surface area contributed by atoms with Crippen LogP contribution in [0.3, 0.4) is 0 Å². The normalized spacial score (nSPS) is 10.5. The van der Waals surface area contributed by atoms with Crippen molar-refractivity contribution >= 4 is 8.60 Å². The predicted molar refractivity (Wildman–Crippen MR) is 32.2 cm³/mol. The molecule has 3 nitrogen and oxygen atoms in total. The van der Waals surface area contributed by atoms with E-state index >= 15 is 0 Å². The molecule has 0 amide bonds. The average molecular weight is 138 g/mol. The van der Waals surface area contributed by atoms with Crippen LogP contribution in [0, 0.1) is 0 Å². The van der Waals surface area contributed by atoms with Crippen LogP contribution in [0.5, 0.6) is 0 Å². The van der Waals surface area contributed by atoms with Gasteiger partial charge in [0, 0.05) is 0 Å². The summed E-state index contributed by atoms with van der Waals surface area (Å²) in [6, 6.07) is 0. The maximum Gasteiger partial charge on any atom is 0.327 e. The number of unbranched alkanes of at least 4 members (excludes halogenated alkanes) is 1. The number of rotatable bonds is 4. The van der Waals surface area contributed by atoms with Gasteiger partial charge in [-0.1, -0.05) is 13.3 Å². The molecule has 0 aliphatic heterocycles. The van der Waals surface area contributed by atoms with Crippen molar-refractivity contribution in [3.05, 3.63) is 0 Å². The van der Waals surface area contributed by atoms with Crippen molar-refractivity contribution in [3.63, 3.8) is 0 Å². The van der Waals surface area contributed by atoms with Crippen LogP contribution in [0.15, 0.2) is 0 Å². The van der Waals surface area contributed by atoms with Crippen molar-refractivity contribution in [3.8, 4) is 0 Å². The fourth-order valence-corrected chi connectivity index (χ4v) is 0.583. The zero-order valence-corrected chi connectivity index (χ0v) is 5.77. The molecule has 4 heteroatoms. The summed E-state index contributed by atoms with van der Waals surface area (Å²) in [4.78, 5) is 16.4. The van der Waals surface area contributed by atoms with E-state index in [1.165, 1.54) is 0 Å². The molecule has 0 unspecified atom stereocenters. The molecule has 50 valence electrons. The maximum absolute atomic E-state index is 8.18. The molecule has 0 aliphatic carbocycles. The Kier molecular flexibility index (Phi) is 5.66. The van der Waals surface area contributed by atoms with Gasteiger partial charge < -0.3 is 14.3 Å². The summed E-state index contributed by atoms with van der Waals surface area (Å²) in [5.41, 5.74) is 0. The van der Waals surface area contributed by atoms with Crippen molar-refractivity contribution in [2.24, 2.45) is 0 Å². The molecule has 0 fully saturated rings. The zero-order chi connectivity index (χ0) is 6.41. The summed E-state index contributed by atoms with van der Waals surface area (Å²) in [5.74, 6) is 0. The lowest BCUT2D eigenvalue weighted by Gasteiger charge is -1.99. The summed E-state index contributed by atoms with van der Waals surface area (Å²) < 4.78 is 4.46. The third-order valence-corrected chi connectivity index (χ3v) is 1.12. The van der Waals surface area contributed by atoms with Crippen molar-refractivity contribution in [2.45, 2.75) is 19.8 Å². The van der Waals surface area contributed by atoms with Crippen LogP contribution in [0.2, 0.25) is 0 Å². The van der Waals surface area contributed by atoms with Gasteiger partial charge in [0.2, 0.25) is 0 Å². The van der Waals surface area contributed by atoms with Crippen LogP contribution < -0.4 is 0 Å². The molecule has 0 saturated carbocycles. The van der Waals surface area contributed by atoms with Crippen LogP contribution in [0.25, 0.3) is 0 Å². The molecule has 0 aliphatic rings. The monoisotopic (exact) mass is 138 g/mol. The van der Waals surface area contributed by atoms with E-state index in [0.29, 0.717) is 6.61 Å². The molecule has 0 bridgehead atoms. The highest BCUT2D eigenvalue weighted by atomic mass is 31.2. The SMILES string of the molecule is CCCCOP(O)O. The molecule has 0 atom stereocenters. The smallest absolute Gasteiger partial charge is 0.327 e. The van der Waals surface area contributed by atoms with E-state index in [9.17, 15) is 0 Å². The second-order valence-electron chi connectivity index (χ2n) is 1.44. The summed E-state index contributed by atoms with van der Waals surface area (Å²) in [6.07, 6.45) is 1.91. The van der Waals surface area contributed by atoms with Crippen molar-refractivity contribution in [2.75, 3.05) is 6.61 Å². The Labute approximate surface area is 50.3 Å². The zero-order valence-electron chi connectivity index (χ0n) is 4.87. The van der Waals surface area contributed by atoms with Crippen molar-refractivity contribution in [1.82, 2.24) is 0 Å². The fourth-order valence-electron chi connectivity index (χ4n) is 0.291. The van der Waals surface area contributed by atoms with Gasteiger partial charge in [-0.25, -0.2) is 0 Å². The second kappa shape index (κ2) is 5.45. The largest absolute Gasteiger partial charge is 0.328 e. The van der Waals surface area contributed by atoms with Gasteiger partial charge in [0.1, 0.15) is 0 Å². The summed E-state index contributed by atoms with van der Waals surface area (Å²) in [5, 5.41) is 0. The topological polar surface area (TPSA) is 49.7 Å². The lowest BCUT2D eigenvalue weighted by molar-refractivity contribution is 0.251. The third-order valence-electron chi connectivity index (χ3n) is 0.705. The summed E-state index contributed by atoms with van der Waals surface area (Å²) >= 11 is 0. The maximum atomic E-state index is 8.18. The highest BCUT2D eigenvalue weighted by molar-refractivity contribution is 7.39. The Hall–Kier alpha value is 0.310. The molecule has 0 aromatic heterocycles. The van der Waals surface area contributed by atoms with Crippen LogP contribution in [-0.2, 0) is 4.52 Å². The van der Waals surface area contributed by atoms with Crippen LogP contribution in [-0.4, -0.2) is 16.4 Å². The van der Waals surface area contributed by atoms with E-state index in [4.69, 9.17) is 9.79 Å². The van der Waals surface area contributed by atoms with Crippen LogP contribution >= 0.6 is 8.60 Å². The number of hydrogen-bond acceptors (Lipinski definition) is 3. The molecule has 0 spiro atoms. The van der Waals surface area contributed by atoms with E-state index in [2.05, 4.69) is 4.52 Å². The predicted octanol–water partition coefficient (Wildman–Crippen LogP) is 1.01. The lowest BCUT2D eigenvalue weighted by atomic mass is 10.4. The van der Waals surface area contributed by atoms with Gasteiger partial charge in [0.05, 0.1) is 6.61 Å². The quantitative estimate of drug-likeness (QED) is 0.450. The first-order valence-electron chi connectivity index (χ1n) is 2.58. The van der Waals surface area contributed by atoms with Gasteiger partial charge in [0.25, 0.3) is 0 Å². The van der Waals surface area contributed by atoms with E-state index in [-0.39, 0.29) is 0 Å². The van der Waals surface area contributed by atoms with Crippen LogP contribution in [0.4, 0.5) is 0 Å². The molecule has 0 rings (SSSR count). The minimum Gasteiger partial charge on any atom is -0.328 e. The van der Waals surface area contributed by atoms with Gasteiger partial charge in [-0.2, -0.15) is 0 Å². The number of hydrogen-bond donors (Lipinski definition) is 2. The minimum atomic E-state index is -2.11. The van der Waals surface area contributed by atoms with Gasteiger partial charge in [0.15, 0.2) is 0 Å². The Bertz CT molecular complexity index is 48.5. The highest BCUT2D eigenvalue weighted by Crippen LogP contribution is 2.23. The molecule has 0 aromatic carbocycles. The van der Waals surface area contributed by atoms with Gasteiger partial charge >= 0.3 is 8.60 Å². The second-order valence-corrected chi connectivity index (χ2v) is 2.20. The Morgan fingerprint density at radius 3 is 2.50 bits per heavy atom. The fraction of sp³-hybridized carbons (Fsp3) is 1.00. The molecular weight excluding hydrogens is 127 g/mol. The molecule has 8 heavy (non-hydrogen) atoms. The van der Waals surface area contributed by atoms with E-state index in [1.807, 2.05) is 6.92 Å². The first-order chi connectivity index (χ1) is 3.77. The highest BCUT2D eigenvalue weighted by Gasteiger charge is 1.95. The summed E-state index contributed by atoms with van der Waals surface area (Å²) in [6.45, 7) is 2.47. The summed E-state index contributed by atoms with van der Waals surface area (Å²) in [7, 11) is -2.11. The first-order valence-corrected chi connectivity index (χ1v) is 3.74. The van der Waals surface area contributed by atoms with Crippen LogP contribution in [0.1, 0.15) is 19.8 Å². The molecule has 0 aromatic rings. The van der Waals surface area contributed by atoms with E-state index < -0.39 is 8.60 Å². The molecule has 0 saturated heterocycles. The van der Waals surface area contributed by atoms with E-state index in [0.717, 1.165) is 12.8 Å². The first kappa shape index (κ1) is 8.31. The van der Waals surface area contributed by atoms with Crippen molar-refractivity contribution in [1.29, 1.82) is 0 Å². The molecule has 0 radical (unpaired) electrons.